The molecule has 0 aromatic rings. The molecule has 0 aromatic carbocycles. The van der Waals surface area contributed by atoms with Crippen LogP contribution in [0.1, 0.15) is 83.5 Å². The molecule has 4 heteroatoms. The van der Waals surface area contributed by atoms with E-state index >= 15 is 0 Å². The van der Waals surface area contributed by atoms with Crippen molar-refractivity contribution in [3.8, 4) is 0 Å². The van der Waals surface area contributed by atoms with Crippen LogP contribution in [0.5, 0.6) is 0 Å². The average molecular weight is 347 g/mol. The number of hydrogen-bond donors (Lipinski definition) is 1. The molecule has 1 aliphatic heterocycles. The van der Waals surface area contributed by atoms with Crippen molar-refractivity contribution < 1.29 is 9.59 Å². The van der Waals surface area contributed by atoms with Crippen molar-refractivity contribution in [1.29, 1.82) is 0 Å². The summed E-state index contributed by atoms with van der Waals surface area (Å²) >= 11 is 0. The van der Waals surface area contributed by atoms with E-state index in [-0.39, 0.29) is 11.8 Å². The molecule has 140 valence electrons. The molecular formula is C21H34N2O2. The van der Waals surface area contributed by atoms with Crippen LogP contribution < -0.4 is 5.32 Å². The third kappa shape index (κ3) is 5.32. The fourth-order valence-corrected chi connectivity index (χ4v) is 4.77. The number of nitrogens with one attached hydrogen (secondary N) is 1. The minimum absolute atomic E-state index is 0.173. The van der Waals surface area contributed by atoms with Crippen LogP contribution in [0, 0.1) is 11.8 Å². The van der Waals surface area contributed by atoms with Crippen LogP contribution in [0.4, 0.5) is 0 Å². The smallest absolute Gasteiger partial charge is 0.226 e. The van der Waals surface area contributed by atoms with Gasteiger partial charge >= 0.3 is 0 Å². The molecule has 2 amide bonds. The first-order chi connectivity index (χ1) is 12.2. The molecule has 25 heavy (non-hydrogen) atoms. The van der Waals surface area contributed by atoms with E-state index in [9.17, 15) is 9.59 Å². The predicted octanol–water partition coefficient (Wildman–Crippen LogP) is 4.16. The summed E-state index contributed by atoms with van der Waals surface area (Å²) in [5.74, 6) is 1.62. The molecule has 1 saturated heterocycles. The van der Waals surface area contributed by atoms with E-state index in [4.69, 9.17) is 0 Å². The van der Waals surface area contributed by atoms with Crippen molar-refractivity contribution in [3.63, 3.8) is 0 Å². The highest BCUT2D eigenvalue weighted by atomic mass is 16.2. The Balaban J connectivity index is 1.34. The Hall–Kier alpha value is -1.32. The maximum Gasteiger partial charge on any atom is 0.226 e. The minimum atomic E-state index is 0.173. The maximum absolute atomic E-state index is 12.6. The molecule has 3 aliphatic rings. The highest BCUT2D eigenvalue weighted by molar-refractivity contribution is 5.79. The average Bonchev–Trinajstić information content (AvgIpc) is 2.65. The summed E-state index contributed by atoms with van der Waals surface area (Å²) in [5.41, 5.74) is 1.30. The summed E-state index contributed by atoms with van der Waals surface area (Å²) < 4.78 is 0. The van der Waals surface area contributed by atoms with Gasteiger partial charge in [-0.25, -0.2) is 0 Å². The highest BCUT2D eigenvalue weighted by Crippen LogP contribution is 2.35. The number of fused-ring (bicyclic) bond motifs is 1. The van der Waals surface area contributed by atoms with Gasteiger partial charge in [-0.3, -0.25) is 9.59 Å². The number of nitrogens with zero attached hydrogens (tertiary/aromatic N) is 1. The van der Waals surface area contributed by atoms with Gasteiger partial charge in [0.2, 0.25) is 11.8 Å². The van der Waals surface area contributed by atoms with Gasteiger partial charge in [-0.15, -0.1) is 0 Å². The zero-order valence-electron chi connectivity index (χ0n) is 15.6. The third-order valence-corrected chi connectivity index (χ3v) is 6.16. The number of piperidine rings is 1. The molecular weight excluding hydrogens is 312 g/mol. The van der Waals surface area contributed by atoms with E-state index in [0.29, 0.717) is 31.2 Å². The summed E-state index contributed by atoms with van der Waals surface area (Å²) in [7, 11) is 0. The van der Waals surface area contributed by atoms with Crippen molar-refractivity contribution in [2.45, 2.75) is 83.5 Å². The zero-order chi connectivity index (χ0) is 17.5. The van der Waals surface area contributed by atoms with Gasteiger partial charge in [-0.2, -0.15) is 0 Å². The fourth-order valence-electron chi connectivity index (χ4n) is 4.77. The topological polar surface area (TPSA) is 49.4 Å². The molecule has 0 bridgehead atoms. The fraction of sp³-hybridized carbons (Fsp3) is 0.810. The lowest BCUT2D eigenvalue weighted by atomic mass is 9.85. The summed E-state index contributed by atoms with van der Waals surface area (Å²) in [6, 6.07) is 0. The van der Waals surface area contributed by atoms with E-state index in [1.807, 2.05) is 4.90 Å². The lowest BCUT2D eigenvalue weighted by Crippen LogP contribution is -2.39. The van der Waals surface area contributed by atoms with Gasteiger partial charge in [-0.1, -0.05) is 25.3 Å². The van der Waals surface area contributed by atoms with E-state index < -0.39 is 0 Å². The van der Waals surface area contributed by atoms with E-state index in [0.717, 1.165) is 25.8 Å². The molecule has 2 fully saturated rings. The Kier molecular flexibility index (Phi) is 6.94. The predicted molar refractivity (Wildman–Crippen MR) is 99.8 cm³/mol. The number of carbonyl (C=O) groups excluding carboxylic acids is 2. The first-order valence-electron chi connectivity index (χ1n) is 10.5. The lowest BCUT2D eigenvalue weighted by Gasteiger charge is -2.38. The Morgan fingerprint density at radius 1 is 1.04 bits per heavy atom. The summed E-state index contributed by atoms with van der Waals surface area (Å²) in [4.78, 5) is 26.7. The number of rotatable bonds is 6. The van der Waals surface area contributed by atoms with Crippen LogP contribution in [0.2, 0.25) is 0 Å². The standard InChI is InChI=1S/C21H34N2O2/c24-20(16-17-8-2-1-3-9-17)22-14-6-13-21(25)23-15-7-11-18-10-4-5-12-19(18)23/h12,17-18H,1-11,13-16H2,(H,22,24). The van der Waals surface area contributed by atoms with Gasteiger partial charge in [0.1, 0.15) is 0 Å². The van der Waals surface area contributed by atoms with Crippen molar-refractivity contribution in [2.24, 2.45) is 11.8 Å². The molecule has 0 aromatic heterocycles. The quantitative estimate of drug-likeness (QED) is 0.734. The first kappa shape index (κ1) is 18.5. The number of amides is 2. The van der Waals surface area contributed by atoms with Gasteiger partial charge < -0.3 is 10.2 Å². The zero-order valence-corrected chi connectivity index (χ0v) is 15.6. The van der Waals surface area contributed by atoms with Crippen molar-refractivity contribution in [1.82, 2.24) is 10.2 Å². The largest absolute Gasteiger partial charge is 0.356 e. The van der Waals surface area contributed by atoms with E-state index in [2.05, 4.69) is 11.4 Å². The van der Waals surface area contributed by atoms with Crippen LogP contribution in [0.15, 0.2) is 11.8 Å². The van der Waals surface area contributed by atoms with Crippen molar-refractivity contribution >= 4 is 11.8 Å². The summed E-state index contributed by atoms with van der Waals surface area (Å²) in [5, 5.41) is 3.02. The third-order valence-electron chi connectivity index (χ3n) is 6.16. The molecule has 1 heterocycles. The van der Waals surface area contributed by atoms with Crippen molar-refractivity contribution in [2.75, 3.05) is 13.1 Å². The second-order valence-corrected chi connectivity index (χ2v) is 8.11. The molecule has 3 rings (SSSR count). The van der Waals surface area contributed by atoms with Gasteiger partial charge in [0.15, 0.2) is 0 Å². The monoisotopic (exact) mass is 346 g/mol. The molecule has 1 atom stereocenters. The second kappa shape index (κ2) is 9.40. The number of carbonyl (C=O) groups is 2. The number of allylic oxidation sites excluding steroid dienone is 2. The molecule has 4 nitrogen and oxygen atoms in total. The Morgan fingerprint density at radius 3 is 2.68 bits per heavy atom. The van der Waals surface area contributed by atoms with Crippen LogP contribution >= 0.6 is 0 Å². The Bertz CT molecular complexity index is 494. The molecule has 2 aliphatic carbocycles. The van der Waals surface area contributed by atoms with Crippen LogP contribution in [0.25, 0.3) is 0 Å². The van der Waals surface area contributed by atoms with Gasteiger partial charge in [0.25, 0.3) is 0 Å². The highest BCUT2D eigenvalue weighted by Gasteiger charge is 2.29. The molecule has 1 unspecified atom stereocenters. The van der Waals surface area contributed by atoms with Gasteiger partial charge in [0.05, 0.1) is 0 Å². The Labute approximate surface area is 152 Å². The molecule has 1 saturated carbocycles. The van der Waals surface area contributed by atoms with Crippen LogP contribution in [-0.4, -0.2) is 29.8 Å². The second-order valence-electron chi connectivity index (χ2n) is 8.11. The van der Waals surface area contributed by atoms with Crippen molar-refractivity contribution in [3.05, 3.63) is 11.8 Å². The summed E-state index contributed by atoms with van der Waals surface area (Å²) in [6.45, 7) is 1.52. The maximum atomic E-state index is 12.6. The first-order valence-corrected chi connectivity index (χ1v) is 10.5. The Morgan fingerprint density at radius 2 is 1.84 bits per heavy atom. The molecule has 0 spiro atoms. The SMILES string of the molecule is O=C(CC1CCCCC1)NCCCC(=O)N1CCCC2CCCC=C21. The van der Waals surface area contributed by atoms with Crippen LogP contribution in [0.3, 0.4) is 0 Å². The minimum Gasteiger partial charge on any atom is -0.356 e. The number of likely N-dealkylation sites (tertiary alicyclic amines) is 1. The molecule has 0 radical (unpaired) electrons. The van der Waals surface area contributed by atoms with Gasteiger partial charge in [-0.05, 0) is 63.2 Å². The number of hydrogen-bond acceptors (Lipinski definition) is 2. The normalized spacial score (nSPS) is 24.4. The van der Waals surface area contributed by atoms with E-state index in [1.165, 1.54) is 57.1 Å². The van der Waals surface area contributed by atoms with Crippen LogP contribution in [-0.2, 0) is 9.59 Å². The van der Waals surface area contributed by atoms with E-state index in [1.54, 1.807) is 0 Å². The summed E-state index contributed by atoms with van der Waals surface area (Å²) in [6.07, 6.45) is 16.6. The lowest BCUT2D eigenvalue weighted by molar-refractivity contribution is -0.131. The van der Waals surface area contributed by atoms with Gasteiger partial charge in [0, 0.05) is 31.6 Å². The molecule has 1 N–H and O–H groups in total.